The van der Waals surface area contributed by atoms with E-state index in [2.05, 4.69) is 115 Å². The molecule has 0 saturated heterocycles. The molecule has 0 spiro atoms. The van der Waals surface area contributed by atoms with Crippen molar-refractivity contribution in [3.8, 4) is 50.6 Å². The van der Waals surface area contributed by atoms with Crippen LogP contribution in [0.25, 0.3) is 86.6 Å². The largest absolute Gasteiger partial charge is 0.456 e. The molecule has 2 aromatic heterocycles. The number of hydrogen-bond acceptors (Lipinski definition) is 3. The van der Waals surface area contributed by atoms with Crippen LogP contribution in [0.15, 0.2) is 156 Å². The molecule has 0 amide bonds. The van der Waals surface area contributed by atoms with Crippen molar-refractivity contribution < 1.29 is 4.42 Å². The first-order valence-electron chi connectivity index (χ1n) is 15.3. The lowest BCUT2D eigenvalue weighted by Gasteiger charge is -2.18. The number of benzene rings is 7. The van der Waals surface area contributed by atoms with Gasteiger partial charge in [0, 0.05) is 30.9 Å². The highest BCUT2D eigenvalue weighted by Crippen LogP contribution is 2.45. The van der Waals surface area contributed by atoms with Crippen LogP contribution >= 0.6 is 11.3 Å². The Labute approximate surface area is 270 Å². The van der Waals surface area contributed by atoms with E-state index in [-0.39, 0.29) is 0 Å². The molecule has 0 aliphatic heterocycles. The van der Waals surface area contributed by atoms with Crippen molar-refractivity contribution in [2.24, 2.45) is 0 Å². The minimum absolute atomic E-state index is 0.637. The van der Waals surface area contributed by atoms with Gasteiger partial charge in [-0.25, -0.2) is 0 Å². The Balaban J connectivity index is 1.34. The van der Waals surface area contributed by atoms with Gasteiger partial charge >= 0.3 is 0 Å². The van der Waals surface area contributed by atoms with Crippen LogP contribution in [-0.4, -0.2) is 0 Å². The predicted octanol–water partition coefficient (Wildman–Crippen LogP) is 12.5. The topological polar surface area (TPSA) is 36.9 Å². The van der Waals surface area contributed by atoms with Crippen molar-refractivity contribution in [3.05, 3.63) is 157 Å². The van der Waals surface area contributed by atoms with Crippen LogP contribution < -0.4 is 0 Å². The van der Waals surface area contributed by atoms with E-state index in [0.717, 1.165) is 66.4 Å². The molecule has 3 heteroatoms. The Kier molecular flexibility index (Phi) is 6.09. The molecule has 214 valence electrons. The van der Waals surface area contributed by atoms with Crippen molar-refractivity contribution in [1.29, 1.82) is 5.26 Å². The molecule has 0 atom stereocenters. The van der Waals surface area contributed by atoms with E-state index in [9.17, 15) is 5.26 Å². The normalized spacial score (nSPS) is 11.5. The molecule has 2 heterocycles. The molecule has 0 fully saturated rings. The summed E-state index contributed by atoms with van der Waals surface area (Å²) in [5.74, 6) is 0. The lowest BCUT2D eigenvalue weighted by molar-refractivity contribution is 0.669. The van der Waals surface area contributed by atoms with Crippen LogP contribution in [0.4, 0.5) is 0 Å². The van der Waals surface area contributed by atoms with Gasteiger partial charge in [0.2, 0.25) is 0 Å². The summed E-state index contributed by atoms with van der Waals surface area (Å²) >= 11 is 1.83. The van der Waals surface area contributed by atoms with Gasteiger partial charge in [0.1, 0.15) is 11.2 Å². The minimum atomic E-state index is 0.637. The van der Waals surface area contributed by atoms with Crippen LogP contribution in [0.5, 0.6) is 0 Å². The second-order valence-electron chi connectivity index (χ2n) is 11.6. The molecule has 0 unspecified atom stereocenters. The summed E-state index contributed by atoms with van der Waals surface area (Å²) in [7, 11) is 0. The third kappa shape index (κ3) is 4.31. The van der Waals surface area contributed by atoms with Crippen molar-refractivity contribution in [2.45, 2.75) is 0 Å². The summed E-state index contributed by atoms with van der Waals surface area (Å²) in [6.45, 7) is 0. The molecular weight excluding hydrogens is 579 g/mol. The maximum absolute atomic E-state index is 10.1. The van der Waals surface area contributed by atoms with Gasteiger partial charge in [0.15, 0.2) is 0 Å². The summed E-state index contributed by atoms with van der Waals surface area (Å²) in [4.78, 5) is 0. The number of furan rings is 1. The van der Waals surface area contributed by atoms with E-state index in [1.807, 2.05) is 53.8 Å². The maximum atomic E-state index is 10.1. The van der Waals surface area contributed by atoms with Crippen LogP contribution in [-0.2, 0) is 0 Å². The Hall–Kier alpha value is -5.95. The zero-order chi connectivity index (χ0) is 30.6. The van der Waals surface area contributed by atoms with Gasteiger partial charge < -0.3 is 4.42 Å². The number of nitriles is 1. The fourth-order valence-corrected chi connectivity index (χ4v) is 7.85. The number of thiophene rings is 1. The van der Waals surface area contributed by atoms with E-state index in [1.165, 1.54) is 20.2 Å². The molecule has 46 heavy (non-hydrogen) atoms. The fraction of sp³-hybridized carbons (Fsp3) is 0. The van der Waals surface area contributed by atoms with Crippen molar-refractivity contribution in [2.75, 3.05) is 0 Å². The molecule has 0 aliphatic carbocycles. The summed E-state index contributed by atoms with van der Waals surface area (Å²) in [6.07, 6.45) is 0. The molecule has 7 aromatic carbocycles. The van der Waals surface area contributed by atoms with Crippen LogP contribution in [0, 0.1) is 11.3 Å². The third-order valence-electron chi connectivity index (χ3n) is 8.90. The van der Waals surface area contributed by atoms with Crippen molar-refractivity contribution >= 4 is 53.4 Å². The van der Waals surface area contributed by atoms with Crippen LogP contribution in [0.2, 0.25) is 0 Å². The minimum Gasteiger partial charge on any atom is -0.456 e. The first kappa shape index (κ1) is 26.5. The van der Waals surface area contributed by atoms with Gasteiger partial charge in [-0.15, -0.1) is 11.3 Å². The number of fused-ring (bicyclic) bond motifs is 6. The van der Waals surface area contributed by atoms with E-state index in [1.54, 1.807) is 0 Å². The second-order valence-corrected chi connectivity index (χ2v) is 12.7. The summed E-state index contributed by atoms with van der Waals surface area (Å²) in [5.41, 5.74) is 11.1. The smallest absolute Gasteiger partial charge is 0.135 e. The van der Waals surface area contributed by atoms with Gasteiger partial charge in [-0.3, -0.25) is 0 Å². The Bertz CT molecular complexity index is 2650. The highest BCUT2D eigenvalue weighted by Gasteiger charge is 2.18. The molecule has 0 radical (unpaired) electrons. The van der Waals surface area contributed by atoms with Gasteiger partial charge in [0.25, 0.3) is 0 Å². The van der Waals surface area contributed by atoms with Crippen molar-refractivity contribution in [3.63, 3.8) is 0 Å². The Morgan fingerprint density at radius 3 is 1.98 bits per heavy atom. The van der Waals surface area contributed by atoms with Crippen LogP contribution in [0.3, 0.4) is 0 Å². The summed E-state index contributed by atoms with van der Waals surface area (Å²) in [6, 6.07) is 55.6. The number of hydrogen-bond donors (Lipinski definition) is 0. The number of nitrogens with zero attached hydrogens (tertiary/aromatic N) is 1. The van der Waals surface area contributed by atoms with Gasteiger partial charge in [-0.2, -0.15) is 5.26 Å². The van der Waals surface area contributed by atoms with E-state index in [4.69, 9.17) is 4.42 Å². The number of rotatable bonds is 4. The SMILES string of the molecule is N#Cc1cc(-c2ccccc2)cc(-c2cccc(-c3ccc4oc5ccccc5c4c3)c2-c2ccc3sc4ccccc4c3c2)c1. The first-order valence-corrected chi connectivity index (χ1v) is 16.1. The molecular formula is C43H25NOS. The van der Waals surface area contributed by atoms with Crippen LogP contribution in [0.1, 0.15) is 5.56 Å². The quantitative estimate of drug-likeness (QED) is 0.201. The predicted molar refractivity (Wildman–Crippen MR) is 193 cm³/mol. The second kappa shape index (κ2) is 10.6. The highest BCUT2D eigenvalue weighted by atomic mass is 32.1. The average Bonchev–Trinajstić information content (AvgIpc) is 3.69. The molecule has 9 rings (SSSR count). The lowest BCUT2D eigenvalue weighted by atomic mass is 9.85. The summed E-state index contributed by atoms with van der Waals surface area (Å²) in [5, 5.41) is 14.8. The third-order valence-corrected chi connectivity index (χ3v) is 10.0. The van der Waals surface area contributed by atoms with E-state index in [0.29, 0.717) is 5.56 Å². The Morgan fingerprint density at radius 2 is 1.11 bits per heavy atom. The average molecular weight is 604 g/mol. The Morgan fingerprint density at radius 1 is 0.435 bits per heavy atom. The highest BCUT2D eigenvalue weighted by molar-refractivity contribution is 7.25. The fourth-order valence-electron chi connectivity index (χ4n) is 6.76. The standard InChI is InChI=1S/C43H25NOS/c44-26-27-21-31(28-9-2-1-3-10-28)23-32(22-27)34-14-8-13-33(29-17-19-40-37(24-29)35-11-4-6-15-39(35)45-40)43(34)30-18-20-42-38(25-30)36-12-5-7-16-41(36)46-42/h1-25H. The molecule has 9 aromatic rings. The van der Waals surface area contributed by atoms with Crippen molar-refractivity contribution in [1.82, 2.24) is 0 Å². The number of para-hydroxylation sites is 1. The molecule has 0 saturated carbocycles. The summed E-state index contributed by atoms with van der Waals surface area (Å²) < 4.78 is 8.74. The van der Waals surface area contributed by atoms with E-state index >= 15 is 0 Å². The maximum Gasteiger partial charge on any atom is 0.135 e. The molecule has 0 N–H and O–H groups in total. The molecule has 0 bridgehead atoms. The monoisotopic (exact) mass is 603 g/mol. The molecule has 0 aliphatic rings. The van der Waals surface area contributed by atoms with Gasteiger partial charge in [-0.1, -0.05) is 97.1 Å². The zero-order valence-electron chi connectivity index (χ0n) is 24.7. The molecule has 2 nitrogen and oxygen atoms in total. The lowest BCUT2D eigenvalue weighted by Crippen LogP contribution is -1.92. The zero-order valence-corrected chi connectivity index (χ0v) is 25.5. The van der Waals surface area contributed by atoms with Gasteiger partial charge in [-0.05, 0) is 99.1 Å². The van der Waals surface area contributed by atoms with Gasteiger partial charge in [0.05, 0.1) is 11.6 Å². The first-order chi connectivity index (χ1) is 22.7. The van der Waals surface area contributed by atoms with E-state index < -0.39 is 0 Å².